The summed E-state index contributed by atoms with van der Waals surface area (Å²) in [5.74, 6) is 0. The molecule has 0 bridgehead atoms. The van der Waals surface area contributed by atoms with Gasteiger partial charge in [-0.2, -0.15) is 0 Å². The number of hydrogen-bond acceptors (Lipinski definition) is 2. The van der Waals surface area contributed by atoms with Gasteiger partial charge in [-0.3, -0.25) is 0 Å². The maximum Gasteiger partial charge on any atom is 2.00 e. The molecule has 0 N–H and O–H groups in total. The summed E-state index contributed by atoms with van der Waals surface area (Å²) in [4.78, 5) is 0. The predicted octanol–water partition coefficient (Wildman–Crippen LogP) is -0.885. The van der Waals surface area contributed by atoms with Crippen molar-refractivity contribution >= 4 is 27.0 Å². The molecule has 23 heavy (non-hydrogen) atoms. The fraction of sp³-hybridized carbons (Fsp3) is 0. The van der Waals surface area contributed by atoms with Gasteiger partial charge in [0, 0.05) is 34.1 Å². The average molecular weight is 486 g/mol. The molecule has 0 aromatic rings. The molecule has 128 valence electrons. The van der Waals surface area contributed by atoms with E-state index in [4.69, 9.17) is 41.9 Å². The molecule has 14 heteroatoms. The van der Waals surface area contributed by atoms with Crippen LogP contribution in [-0.2, 0) is 120 Å². The molecule has 0 rings (SSSR count). The number of thiol groups is 2. The van der Waals surface area contributed by atoms with Crippen molar-refractivity contribution in [2.24, 2.45) is 0 Å². The third kappa shape index (κ3) is 1310000. The minimum absolute atomic E-state index is 0. The molecule has 0 saturated carbocycles. The SMILES string of the molecule is [C-]#[O+].[C-]#[O+].[C-]#[O+].[C-]#[O+].[C-]#[O+].[C-]#[O+].[C-]#[O+].[C-]#[O+].[C-]#[O+].[Fe+2].[Fe].[Fe].[SH-].[SH-]. The zero-order chi connectivity index (χ0) is 18.0. The minimum Gasteiger partial charge on any atom is -0.813 e. The van der Waals surface area contributed by atoms with E-state index in [1.54, 1.807) is 0 Å². The molecule has 0 heterocycles. The van der Waals surface area contributed by atoms with Crippen molar-refractivity contribution in [1.29, 1.82) is 0 Å². The Kier molecular flexibility index (Phi) is 8680000. The number of rotatable bonds is 0. The Hall–Kier alpha value is -0.0816. The summed E-state index contributed by atoms with van der Waals surface area (Å²) in [5, 5.41) is 0. The van der Waals surface area contributed by atoms with Gasteiger partial charge in [-0.05, 0) is 0 Å². The molecule has 0 aliphatic heterocycles. The van der Waals surface area contributed by atoms with Crippen molar-refractivity contribution in [3.63, 3.8) is 0 Å². The Morgan fingerprint density at radius 3 is 0.261 bits per heavy atom. The second-order valence-electron chi connectivity index (χ2n) is 0. The first-order valence-corrected chi connectivity index (χ1v) is 1.84. The Morgan fingerprint density at radius 2 is 0.261 bits per heavy atom. The van der Waals surface area contributed by atoms with Gasteiger partial charge in [0.15, 0.2) is 0 Å². The molecule has 0 aliphatic carbocycles. The van der Waals surface area contributed by atoms with Crippen molar-refractivity contribution in [1.82, 2.24) is 0 Å². The Balaban J connectivity index is -0.00000000321. The summed E-state index contributed by atoms with van der Waals surface area (Å²) in [6.45, 7) is 40.5. The molecule has 0 aromatic heterocycles. The van der Waals surface area contributed by atoms with Gasteiger partial charge in [0.25, 0.3) is 0 Å². The van der Waals surface area contributed by atoms with Gasteiger partial charge in [-0.25, -0.2) is 0 Å². The van der Waals surface area contributed by atoms with Crippen LogP contribution in [0.4, 0.5) is 0 Å². The van der Waals surface area contributed by atoms with E-state index in [1.807, 2.05) is 0 Å². The first-order valence-electron chi connectivity index (χ1n) is 1.84. The van der Waals surface area contributed by atoms with E-state index in [0.29, 0.717) is 0 Å². The van der Waals surface area contributed by atoms with Crippen LogP contribution in [0.1, 0.15) is 0 Å². The van der Waals surface area contributed by atoms with Crippen LogP contribution in [0.2, 0.25) is 0 Å². The zero-order valence-corrected chi connectivity index (χ0v) is 15.2. The third-order valence-electron chi connectivity index (χ3n) is 0. The van der Waals surface area contributed by atoms with E-state index in [2.05, 4.69) is 59.9 Å². The third-order valence-corrected chi connectivity index (χ3v) is 0. The van der Waals surface area contributed by atoms with Gasteiger partial charge < -0.3 is 27.0 Å². The van der Waals surface area contributed by atoms with Crippen molar-refractivity contribution in [3.8, 4) is 0 Å². The Bertz CT molecular complexity index is 169. The Labute approximate surface area is 179 Å². The van der Waals surface area contributed by atoms with Crippen LogP contribution >= 0.6 is 0 Å². The molecular weight excluding hydrogens is 484 g/mol. The topological polar surface area (TPSA) is 179 Å². The van der Waals surface area contributed by atoms with E-state index in [-0.39, 0.29) is 78.2 Å². The average Bonchev–Trinajstić information content (AvgIpc) is 2.63. The zero-order valence-electron chi connectivity index (χ0n) is 10.1. The van der Waals surface area contributed by atoms with Gasteiger partial charge in [-0.15, -0.1) is 0 Å². The second kappa shape index (κ2) is 1440000. The fourth-order valence-corrected chi connectivity index (χ4v) is 0. The van der Waals surface area contributed by atoms with Gasteiger partial charge in [-0.1, -0.05) is 0 Å². The molecule has 0 aliphatic rings. The van der Waals surface area contributed by atoms with Crippen molar-refractivity contribution in [3.05, 3.63) is 59.9 Å². The van der Waals surface area contributed by atoms with Gasteiger partial charge in [0.05, 0.1) is 0 Å². The molecule has 0 spiro atoms. The van der Waals surface area contributed by atoms with Crippen LogP contribution < -0.4 is 0 Å². The van der Waals surface area contributed by atoms with Gasteiger partial charge in [0.1, 0.15) is 0 Å². The molecule has 0 fully saturated rings. The summed E-state index contributed by atoms with van der Waals surface area (Å²) in [6.07, 6.45) is 0. The van der Waals surface area contributed by atoms with E-state index < -0.39 is 0 Å². The minimum atomic E-state index is 0. The first-order chi connectivity index (χ1) is 9.00. The van der Waals surface area contributed by atoms with Gasteiger partial charge in [0.2, 0.25) is 0 Å². The van der Waals surface area contributed by atoms with Crippen LogP contribution in [0.25, 0.3) is 0 Å². The summed E-state index contributed by atoms with van der Waals surface area (Å²) in [6, 6.07) is 0. The molecule has 0 amide bonds. The fourth-order valence-electron chi connectivity index (χ4n) is 0. The summed E-state index contributed by atoms with van der Waals surface area (Å²) >= 11 is 0. The molecule has 0 aromatic carbocycles. The van der Waals surface area contributed by atoms with E-state index >= 15 is 0 Å². The van der Waals surface area contributed by atoms with Crippen molar-refractivity contribution < 1.29 is 93.1 Å². The van der Waals surface area contributed by atoms with Gasteiger partial charge >= 0.3 is 119 Å². The maximum absolute atomic E-state index is 7.50. The normalized spacial score (nSPS) is 0.783. The van der Waals surface area contributed by atoms with Crippen LogP contribution in [0, 0.1) is 59.9 Å². The number of hydrogen-bond donors (Lipinski definition) is 0. The summed E-state index contributed by atoms with van der Waals surface area (Å²) < 4.78 is 67.5. The van der Waals surface area contributed by atoms with Crippen molar-refractivity contribution in [2.75, 3.05) is 0 Å². The largest absolute Gasteiger partial charge is 2.00 e. The molecule has 0 unspecified atom stereocenters. The molecular formula is C9H2Fe3O9S2. The summed E-state index contributed by atoms with van der Waals surface area (Å²) in [7, 11) is 0. The van der Waals surface area contributed by atoms with Crippen LogP contribution in [-0.4, -0.2) is 0 Å². The molecule has 9 nitrogen and oxygen atoms in total. The van der Waals surface area contributed by atoms with Crippen LogP contribution in [0.3, 0.4) is 0 Å². The smallest absolute Gasteiger partial charge is 0.813 e. The van der Waals surface area contributed by atoms with E-state index in [9.17, 15) is 0 Å². The first kappa shape index (κ1) is 138. The molecule has 0 atom stereocenters. The monoisotopic (exact) mass is 486 g/mol. The maximum atomic E-state index is 7.50. The second-order valence-corrected chi connectivity index (χ2v) is 0. The van der Waals surface area contributed by atoms with Crippen LogP contribution in [0.5, 0.6) is 0 Å². The van der Waals surface area contributed by atoms with E-state index in [1.165, 1.54) is 0 Å². The molecule has 0 radical (unpaired) electrons. The Morgan fingerprint density at radius 1 is 0.261 bits per heavy atom. The quantitative estimate of drug-likeness (QED) is 0.142. The molecule has 0 saturated heterocycles. The van der Waals surface area contributed by atoms with Crippen LogP contribution in [0.15, 0.2) is 0 Å². The summed E-state index contributed by atoms with van der Waals surface area (Å²) in [5.41, 5.74) is 0. The standard InChI is InChI=1S/9CO.3Fe.2H2S/c9*1-2;;;;;/h;;;;;;;;;;;;2*1H2/q;;;;;;;;;;;+2;;/p-2. The van der Waals surface area contributed by atoms with Crippen molar-refractivity contribution in [2.45, 2.75) is 0 Å². The predicted molar refractivity (Wildman–Crippen MR) is 52.9 cm³/mol. The van der Waals surface area contributed by atoms with E-state index in [0.717, 1.165) is 0 Å².